The molecule has 0 spiro atoms. The molecule has 1 aromatic carbocycles. The molecular weight excluding hydrogens is 198 g/mol. The molecule has 0 fully saturated rings. The third-order valence-corrected chi connectivity index (χ3v) is 2.46. The standard InChI is InChI=1S/C11H8ClNO/c12-10-4-3-8-2-1-6-13-11(8)9(10)5-7-14/h1-4,6-7H,5H2. The molecular formula is C11H8ClNO. The Morgan fingerprint density at radius 3 is 3.00 bits per heavy atom. The maximum Gasteiger partial charge on any atom is 0.124 e. The van der Waals surface area contributed by atoms with Gasteiger partial charge in [-0.25, -0.2) is 0 Å². The van der Waals surface area contributed by atoms with Gasteiger partial charge in [-0.05, 0) is 12.1 Å². The summed E-state index contributed by atoms with van der Waals surface area (Å²) in [5.74, 6) is 0. The number of aromatic nitrogens is 1. The molecule has 0 atom stereocenters. The molecule has 1 heterocycles. The van der Waals surface area contributed by atoms with Crippen LogP contribution in [0.4, 0.5) is 0 Å². The van der Waals surface area contributed by atoms with Gasteiger partial charge in [0, 0.05) is 28.6 Å². The third-order valence-electron chi connectivity index (χ3n) is 2.11. The molecule has 0 saturated carbocycles. The van der Waals surface area contributed by atoms with Crippen LogP contribution in [0.1, 0.15) is 5.56 Å². The van der Waals surface area contributed by atoms with Crippen LogP contribution in [-0.4, -0.2) is 11.3 Å². The van der Waals surface area contributed by atoms with Gasteiger partial charge < -0.3 is 4.79 Å². The summed E-state index contributed by atoms with van der Waals surface area (Å²) in [5, 5.41) is 1.61. The molecule has 0 radical (unpaired) electrons. The Kier molecular flexibility index (Phi) is 2.46. The smallest absolute Gasteiger partial charge is 0.124 e. The number of pyridine rings is 1. The highest BCUT2D eigenvalue weighted by atomic mass is 35.5. The summed E-state index contributed by atoms with van der Waals surface area (Å²) in [7, 11) is 0. The van der Waals surface area contributed by atoms with Crippen molar-refractivity contribution >= 4 is 28.8 Å². The van der Waals surface area contributed by atoms with Crippen molar-refractivity contribution in [1.82, 2.24) is 4.98 Å². The van der Waals surface area contributed by atoms with Gasteiger partial charge in [0.1, 0.15) is 6.29 Å². The van der Waals surface area contributed by atoms with Gasteiger partial charge in [-0.15, -0.1) is 0 Å². The van der Waals surface area contributed by atoms with Crippen molar-refractivity contribution in [2.75, 3.05) is 0 Å². The summed E-state index contributed by atoms with van der Waals surface area (Å²) in [6.07, 6.45) is 2.86. The fourth-order valence-corrected chi connectivity index (χ4v) is 1.69. The van der Waals surface area contributed by atoms with E-state index < -0.39 is 0 Å². The summed E-state index contributed by atoms with van der Waals surface area (Å²) in [6.45, 7) is 0. The lowest BCUT2D eigenvalue weighted by Gasteiger charge is -2.04. The van der Waals surface area contributed by atoms with E-state index in [1.54, 1.807) is 12.3 Å². The van der Waals surface area contributed by atoms with Gasteiger partial charge in [0.25, 0.3) is 0 Å². The van der Waals surface area contributed by atoms with E-state index in [0.717, 1.165) is 22.8 Å². The minimum atomic E-state index is 0.313. The molecule has 0 aliphatic carbocycles. The van der Waals surface area contributed by atoms with Crippen LogP contribution in [0.15, 0.2) is 30.5 Å². The van der Waals surface area contributed by atoms with Crippen molar-refractivity contribution in [2.24, 2.45) is 0 Å². The average Bonchev–Trinajstić information content (AvgIpc) is 2.23. The first-order chi connectivity index (χ1) is 6.83. The fraction of sp³-hybridized carbons (Fsp3) is 0.0909. The third kappa shape index (κ3) is 1.49. The second-order valence-electron chi connectivity index (χ2n) is 2.97. The number of halogens is 1. The van der Waals surface area contributed by atoms with Gasteiger partial charge in [0.2, 0.25) is 0 Å². The highest BCUT2D eigenvalue weighted by Crippen LogP contribution is 2.24. The first-order valence-electron chi connectivity index (χ1n) is 4.28. The van der Waals surface area contributed by atoms with Crippen LogP contribution in [0, 0.1) is 0 Å². The van der Waals surface area contributed by atoms with Crippen LogP contribution in [0.2, 0.25) is 5.02 Å². The van der Waals surface area contributed by atoms with E-state index in [2.05, 4.69) is 4.98 Å². The SMILES string of the molecule is O=CCc1c(Cl)ccc2cccnc12. The lowest BCUT2D eigenvalue weighted by atomic mass is 10.1. The maximum absolute atomic E-state index is 10.5. The fourth-order valence-electron chi connectivity index (χ4n) is 1.46. The number of rotatable bonds is 2. The Hall–Kier alpha value is -1.41. The van der Waals surface area contributed by atoms with Crippen LogP contribution in [0.25, 0.3) is 10.9 Å². The zero-order valence-electron chi connectivity index (χ0n) is 7.40. The molecule has 0 amide bonds. The Morgan fingerprint density at radius 1 is 1.36 bits per heavy atom. The van der Waals surface area contributed by atoms with Gasteiger partial charge in [0.15, 0.2) is 0 Å². The van der Waals surface area contributed by atoms with Crippen molar-refractivity contribution in [1.29, 1.82) is 0 Å². The van der Waals surface area contributed by atoms with Gasteiger partial charge in [-0.1, -0.05) is 23.7 Å². The molecule has 0 aliphatic rings. The molecule has 2 nitrogen and oxygen atoms in total. The Balaban J connectivity index is 2.75. The van der Waals surface area contributed by atoms with E-state index in [4.69, 9.17) is 11.6 Å². The number of aldehydes is 1. The van der Waals surface area contributed by atoms with Gasteiger partial charge in [0.05, 0.1) is 5.52 Å². The zero-order valence-corrected chi connectivity index (χ0v) is 8.16. The van der Waals surface area contributed by atoms with Gasteiger partial charge >= 0.3 is 0 Å². The summed E-state index contributed by atoms with van der Waals surface area (Å²) in [5.41, 5.74) is 1.62. The van der Waals surface area contributed by atoms with Crippen LogP contribution in [-0.2, 0) is 11.2 Å². The molecule has 2 rings (SSSR count). The second kappa shape index (κ2) is 3.76. The van der Waals surface area contributed by atoms with E-state index in [1.807, 2.05) is 18.2 Å². The minimum Gasteiger partial charge on any atom is -0.303 e. The minimum absolute atomic E-state index is 0.313. The molecule has 70 valence electrons. The first-order valence-corrected chi connectivity index (χ1v) is 4.66. The largest absolute Gasteiger partial charge is 0.303 e. The predicted octanol–water partition coefficient (Wildman–Crippen LogP) is 2.63. The zero-order chi connectivity index (χ0) is 9.97. The lowest BCUT2D eigenvalue weighted by Crippen LogP contribution is -1.91. The van der Waals surface area contributed by atoms with E-state index in [1.165, 1.54) is 0 Å². The molecule has 2 aromatic rings. The monoisotopic (exact) mass is 205 g/mol. The molecule has 0 unspecified atom stereocenters. The number of carbonyl (C=O) groups excluding carboxylic acids is 1. The second-order valence-corrected chi connectivity index (χ2v) is 3.38. The number of hydrogen-bond donors (Lipinski definition) is 0. The number of fused-ring (bicyclic) bond motifs is 1. The number of nitrogens with zero attached hydrogens (tertiary/aromatic N) is 1. The Labute approximate surface area is 86.5 Å². The van der Waals surface area contributed by atoms with Crippen LogP contribution >= 0.6 is 11.6 Å². The van der Waals surface area contributed by atoms with Crippen LogP contribution in [0.3, 0.4) is 0 Å². The highest BCUT2D eigenvalue weighted by Gasteiger charge is 2.05. The van der Waals surface area contributed by atoms with E-state index in [9.17, 15) is 4.79 Å². The number of carbonyl (C=O) groups is 1. The Morgan fingerprint density at radius 2 is 2.21 bits per heavy atom. The van der Waals surface area contributed by atoms with Crippen molar-refractivity contribution in [3.63, 3.8) is 0 Å². The lowest BCUT2D eigenvalue weighted by molar-refractivity contribution is -0.107. The summed E-state index contributed by atoms with van der Waals surface area (Å²) < 4.78 is 0. The topological polar surface area (TPSA) is 30.0 Å². The van der Waals surface area contributed by atoms with Crippen molar-refractivity contribution in [3.05, 3.63) is 41.0 Å². The molecule has 0 bridgehead atoms. The quantitative estimate of drug-likeness (QED) is 0.706. The highest BCUT2D eigenvalue weighted by molar-refractivity contribution is 6.32. The maximum atomic E-state index is 10.5. The normalized spacial score (nSPS) is 10.4. The number of hydrogen-bond acceptors (Lipinski definition) is 2. The Bertz CT molecular complexity index is 482. The van der Waals surface area contributed by atoms with E-state index >= 15 is 0 Å². The molecule has 1 aromatic heterocycles. The predicted molar refractivity (Wildman–Crippen MR) is 56.5 cm³/mol. The molecule has 14 heavy (non-hydrogen) atoms. The average molecular weight is 206 g/mol. The van der Waals surface area contributed by atoms with Crippen molar-refractivity contribution in [2.45, 2.75) is 6.42 Å². The first kappa shape index (κ1) is 9.16. The van der Waals surface area contributed by atoms with Crippen LogP contribution < -0.4 is 0 Å². The summed E-state index contributed by atoms with van der Waals surface area (Å²) in [6, 6.07) is 7.51. The summed E-state index contributed by atoms with van der Waals surface area (Å²) >= 11 is 5.98. The van der Waals surface area contributed by atoms with Crippen LogP contribution in [0.5, 0.6) is 0 Å². The molecule has 0 N–H and O–H groups in total. The number of benzene rings is 1. The van der Waals surface area contributed by atoms with Crippen molar-refractivity contribution in [3.8, 4) is 0 Å². The molecule has 0 saturated heterocycles. The summed E-state index contributed by atoms with van der Waals surface area (Å²) in [4.78, 5) is 14.7. The molecule has 0 aliphatic heterocycles. The van der Waals surface area contributed by atoms with Crippen molar-refractivity contribution < 1.29 is 4.79 Å². The molecule has 3 heteroatoms. The van der Waals surface area contributed by atoms with E-state index in [-0.39, 0.29) is 0 Å². The van der Waals surface area contributed by atoms with Gasteiger partial charge in [-0.2, -0.15) is 0 Å². The van der Waals surface area contributed by atoms with E-state index in [0.29, 0.717) is 11.4 Å². The van der Waals surface area contributed by atoms with Gasteiger partial charge in [-0.3, -0.25) is 4.98 Å².